The first-order chi connectivity index (χ1) is 11.5. The summed E-state index contributed by atoms with van der Waals surface area (Å²) in [4.78, 5) is 20.9. The number of nitrogens with one attached hydrogen (secondary N) is 3. The number of fused-ring (bicyclic) bond motifs is 1. The highest BCUT2D eigenvalue weighted by Gasteiger charge is 2.28. The third-order valence-corrected chi connectivity index (χ3v) is 4.26. The van der Waals surface area contributed by atoms with Gasteiger partial charge in [0.15, 0.2) is 6.29 Å². The van der Waals surface area contributed by atoms with Gasteiger partial charge in [-0.15, -0.1) is 0 Å². The van der Waals surface area contributed by atoms with Crippen LogP contribution in [0.2, 0.25) is 0 Å². The van der Waals surface area contributed by atoms with E-state index in [0.29, 0.717) is 18.3 Å². The fourth-order valence-electron chi connectivity index (χ4n) is 2.82. The van der Waals surface area contributed by atoms with Crippen molar-refractivity contribution >= 4 is 22.8 Å². The van der Waals surface area contributed by atoms with Crippen LogP contribution in [0.1, 0.15) is 26.0 Å². The Morgan fingerprint density at radius 3 is 2.83 bits per heavy atom. The number of rotatable bonds is 4. The smallest absolute Gasteiger partial charge is 0.226 e. The van der Waals surface area contributed by atoms with Gasteiger partial charge < -0.3 is 15.4 Å². The lowest BCUT2D eigenvalue weighted by Crippen LogP contribution is -2.61. The van der Waals surface area contributed by atoms with E-state index >= 15 is 0 Å². The summed E-state index contributed by atoms with van der Waals surface area (Å²) >= 11 is 0. The Labute approximate surface area is 141 Å². The van der Waals surface area contributed by atoms with E-state index < -0.39 is 0 Å². The first-order valence-electron chi connectivity index (χ1n) is 8.10. The second-order valence-corrected chi connectivity index (χ2v) is 6.38. The molecule has 0 saturated carbocycles. The molecule has 1 aromatic carbocycles. The van der Waals surface area contributed by atoms with Gasteiger partial charge in [-0.1, -0.05) is 13.8 Å². The van der Waals surface area contributed by atoms with Gasteiger partial charge in [0.05, 0.1) is 18.3 Å². The molecule has 0 bridgehead atoms. The van der Waals surface area contributed by atoms with E-state index in [-0.39, 0.29) is 18.2 Å². The molecule has 1 amide bonds. The molecule has 2 unspecified atom stereocenters. The minimum Gasteiger partial charge on any atom is -0.497 e. The summed E-state index contributed by atoms with van der Waals surface area (Å²) in [5.74, 6) is 1.64. The van der Waals surface area contributed by atoms with Crippen LogP contribution in [0.25, 0.3) is 10.9 Å². The van der Waals surface area contributed by atoms with Crippen molar-refractivity contribution in [2.24, 2.45) is 5.92 Å². The third-order valence-electron chi connectivity index (χ3n) is 4.26. The summed E-state index contributed by atoms with van der Waals surface area (Å²) in [5.41, 5.74) is 1.68. The Morgan fingerprint density at radius 1 is 1.33 bits per heavy atom. The zero-order valence-electron chi connectivity index (χ0n) is 14.4. The summed E-state index contributed by atoms with van der Waals surface area (Å²) in [6, 6.07) is 5.82. The number of amides is 1. The predicted molar refractivity (Wildman–Crippen MR) is 92.8 cm³/mol. The van der Waals surface area contributed by atoms with Gasteiger partial charge in [-0.3, -0.25) is 10.1 Å². The highest BCUT2D eigenvalue weighted by molar-refractivity contribution is 5.83. The van der Waals surface area contributed by atoms with E-state index in [9.17, 15) is 4.79 Å². The highest BCUT2D eigenvalue weighted by Crippen LogP contribution is 2.23. The number of ether oxygens (including phenoxy) is 1. The van der Waals surface area contributed by atoms with Gasteiger partial charge in [0.2, 0.25) is 11.9 Å². The number of aryl methyl sites for hydroxylation is 1. The average Bonchev–Trinajstić information content (AvgIpc) is 2.54. The first kappa shape index (κ1) is 16.4. The maximum absolute atomic E-state index is 11.9. The molecule has 1 aliphatic heterocycles. The molecule has 128 valence electrons. The molecule has 2 atom stereocenters. The zero-order valence-corrected chi connectivity index (χ0v) is 14.4. The number of aromatic nitrogens is 2. The number of nitrogens with zero attached hydrogens (tertiary/aromatic N) is 2. The number of carbonyl (C=O) groups is 1. The molecular formula is C17H23N5O2. The van der Waals surface area contributed by atoms with Crippen molar-refractivity contribution in [3.8, 4) is 5.75 Å². The third kappa shape index (κ3) is 3.41. The Bertz CT molecular complexity index is 762. The Balaban J connectivity index is 1.83. The van der Waals surface area contributed by atoms with Crippen LogP contribution in [-0.2, 0) is 4.79 Å². The lowest BCUT2D eigenvalue weighted by atomic mass is 9.99. The van der Waals surface area contributed by atoms with Crippen LogP contribution in [0, 0.1) is 12.8 Å². The van der Waals surface area contributed by atoms with E-state index in [1.165, 1.54) is 0 Å². The van der Waals surface area contributed by atoms with Crippen molar-refractivity contribution in [2.75, 3.05) is 12.4 Å². The summed E-state index contributed by atoms with van der Waals surface area (Å²) in [7, 11) is 1.63. The molecule has 1 aliphatic rings. The summed E-state index contributed by atoms with van der Waals surface area (Å²) in [5, 5.41) is 10.4. The average molecular weight is 329 g/mol. The SMILES string of the molecule is COc1ccc2nc(NC3NC(=O)CC(C(C)C)N3)nc(C)c2c1. The predicted octanol–water partition coefficient (Wildman–Crippen LogP) is 1.78. The number of hydrogen-bond acceptors (Lipinski definition) is 6. The van der Waals surface area contributed by atoms with Gasteiger partial charge in [-0.05, 0) is 31.0 Å². The molecule has 7 nitrogen and oxygen atoms in total. The minimum atomic E-state index is -0.381. The van der Waals surface area contributed by atoms with Gasteiger partial charge in [0, 0.05) is 17.8 Å². The molecule has 0 aliphatic carbocycles. The largest absolute Gasteiger partial charge is 0.497 e. The van der Waals surface area contributed by atoms with Crippen molar-refractivity contribution < 1.29 is 9.53 Å². The molecule has 1 aromatic heterocycles. The Morgan fingerprint density at radius 2 is 2.12 bits per heavy atom. The van der Waals surface area contributed by atoms with Gasteiger partial charge >= 0.3 is 0 Å². The van der Waals surface area contributed by atoms with Crippen LogP contribution in [0.5, 0.6) is 5.75 Å². The number of benzene rings is 1. The number of hydrogen-bond donors (Lipinski definition) is 3. The van der Waals surface area contributed by atoms with Gasteiger partial charge in [-0.2, -0.15) is 0 Å². The van der Waals surface area contributed by atoms with Crippen LogP contribution in [-0.4, -0.2) is 35.3 Å². The van der Waals surface area contributed by atoms with Crippen LogP contribution >= 0.6 is 0 Å². The maximum Gasteiger partial charge on any atom is 0.226 e. The zero-order chi connectivity index (χ0) is 17.3. The normalized spacial score (nSPS) is 21.0. The molecular weight excluding hydrogens is 306 g/mol. The number of anilines is 1. The molecule has 3 N–H and O–H groups in total. The first-order valence-corrected chi connectivity index (χ1v) is 8.10. The lowest BCUT2D eigenvalue weighted by Gasteiger charge is -2.34. The van der Waals surface area contributed by atoms with Crippen molar-refractivity contribution in [2.45, 2.75) is 39.5 Å². The van der Waals surface area contributed by atoms with E-state index in [1.807, 2.05) is 25.1 Å². The fourth-order valence-corrected chi connectivity index (χ4v) is 2.82. The maximum atomic E-state index is 11.9. The number of methoxy groups -OCH3 is 1. The number of carbonyl (C=O) groups excluding carboxylic acids is 1. The topological polar surface area (TPSA) is 88.2 Å². The summed E-state index contributed by atoms with van der Waals surface area (Å²) < 4.78 is 5.25. The molecule has 0 spiro atoms. The van der Waals surface area contributed by atoms with Crippen LogP contribution < -0.4 is 20.7 Å². The molecule has 1 fully saturated rings. The fraction of sp³-hybridized carbons (Fsp3) is 0.471. The molecule has 0 radical (unpaired) electrons. The van der Waals surface area contributed by atoms with E-state index in [1.54, 1.807) is 7.11 Å². The van der Waals surface area contributed by atoms with E-state index in [0.717, 1.165) is 22.3 Å². The van der Waals surface area contributed by atoms with Gasteiger partial charge in [0.25, 0.3) is 0 Å². The second kappa shape index (κ2) is 6.60. The summed E-state index contributed by atoms with van der Waals surface area (Å²) in [6.07, 6.45) is 0.0986. The van der Waals surface area contributed by atoms with E-state index in [4.69, 9.17) is 4.74 Å². The molecule has 7 heteroatoms. The van der Waals surface area contributed by atoms with Gasteiger partial charge in [-0.25, -0.2) is 9.97 Å². The Kier molecular flexibility index (Phi) is 4.53. The van der Waals surface area contributed by atoms with Crippen molar-refractivity contribution in [1.82, 2.24) is 20.6 Å². The van der Waals surface area contributed by atoms with E-state index in [2.05, 4.69) is 39.8 Å². The van der Waals surface area contributed by atoms with Gasteiger partial charge in [0.1, 0.15) is 5.75 Å². The van der Waals surface area contributed by atoms with Crippen molar-refractivity contribution in [3.05, 3.63) is 23.9 Å². The standard InChI is InChI=1S/C17H23N5O2/c1-9(2)14-8-15(23)21-17(20-14)22-16-18-10(3)12-7-11(24-4)5-6-13(12)19-16/h5-7,9,14,17,20H,8H2,1-4H3,(H,21,23)(H,18,19,22). The molecule has 3 rings (SSSR count). The highest BCUT2D eigenvalue weighted by atomic mass is 16.5. The monoisotopic (exact) mass is 329 g/mol. The second-order valence-electron chi connectivity index (χ2n) is 6.38. The molecule has 1 saturated heterocycles. The van der Waals surface area contributed by atoms with Crippen LogP contribution in [0.4, 0.5) is 5.95 Å². The lowest BCUT2D eigenvalue weighted by molar-refractivity contribution is -0.124. The molecule has 24 heavy (non-hydrogen) atoms. The van der Waals surface area contributed by atoms with Crippen LogP contribution in [0.15, 0.2) is 18.2 Å². The quantitative estimate of drug-likeness (QED) is 0.792. The van der Waals surface area contributed by atoms with Crippen molar-refractivity contribution in [3.63, 3.8) is 0 Å². The molecule has 2 aromatic rings. The minimum absolute atomic E-state index is 0.0206. The van der Waals surface area contributed by atoms with Crippen molar-refractivity contribution in [1.29, 1.82) is 0 Å². The summed E-state index contributed by atoms with van der Waals surface area (Å²) in [6.45, 7) is 6.12. The Hall–Kier alpha value is -2.41. The van der Waals surface area contributed by atoms with Crippen LogP contribution in [0.3, 0.4) is 0 Å². The molecule has 2 heterocycles.